The summed E-state index contributed by atoms with van der Waals surface area (Å²) in [4.78, 5) is 12.3. The quantitative estimate of drug-likeness (QED) is 0.237. The van der Waals surface area contributed by atoms with Crippen LogP contribution in [0.2, 0.25) is 0 Å². The molecule has 0 saturated heterocycles. The lowest BCUT2D eigenvalue weighted by Gasteiger charge is -2.13. The predicted molar refractivity (Wildman–Crippen MR) is 135 cm³/mol. The van der Waals surface area contributed by atoms with E-state index in [9.17, 15) is 9.90 Å². The number of benzene rings is 3. The normalized spacial score (nSPS) is 10.9. The van der Waals surface area contributed by atoms with Crippen LogP contribution in [-0.4, -0.2) is 24.3 Å². The molecule has 0 aliphatic rings. The minimum absolute atomic E-state index is 0.0192. The molecule has 0 fully saturated rings. The molecule has 0 aliphatic heterocycles. The maximum atomic E-state index is 12.3. The van der Waals surface area contributed by atoms with Crippen molar-refractivity contribution in [3.05, 3.63) is 84.2 Å². The summed E-state index contributed by atoms with van der Waals surface area (Å²) < 4.78 is 12.9. The summed E-state index contributed by atoms with van der Waals surface area (Å²) >= 11 is 9.91. The molecule has 3 rings (SSSR count). The van der Waals surface area contributed by atoms with Crippen LogP contribution in [-0.2, 0) is 6.61 Å². The van der Waals surface area contributed by atoms with E-state index in [2.05, 4.69) is 58.3 Å². The van der Waals surface area contributed by atoms with Gasteiger partial charge in [0.25, 0.3) is 5.91 Å². The van der Waals surface area contributed by atoms with Gasteiger partial charge in [0.1, 0.15) is 12.4 Å². The summed E-state index contributed by atoms with van der Waals surface area (Å²) in [5, 5.41) is 13.8. The molecule has 3 aromatic rings. The standard InChI is InChI=1S/C23H19Br3N2O4/c1-13-3-5-14(6-4-13)12-32-21-10-17(24)16(9-20(21)31-2)11-27-28-23(30)15-7-18(25)22(29)19(26)8-15/h3-11,29H,12H2,1-2H3,(H,28,30)/b27-11+. The largest absolute Gasteiger partial charge is 0.506 e. The van der Waals surface area contributed by atoms with Gasteiger partial charge in [0, 0.05) is 15.6 Å². The summed E-state index contributed by atoms with van der Waals surface area (Å²) in [7, 11) is 1.56. The van der Waals surface area contributed by atoms with Crippen LogP contribution in [0.25, 0.3) is 0 Å². The maximum Gasteiger partial charge on any atom is 0.271 e. The van der Waals surface area contributed by atoms with E-state index in [1.165, 1.54) is 23.9 Å². The highest BCUT2D eigenvalue weighted by molar-refractivity contribution is 9.11. The van der Waals surface area contributed by atoms with Gasteiger partial charge in [0.15, 0.2) is 11.5 Å². The fourth-order valence-electron chi connectivity index (χ4n) is 2.69. The second-order valence-corrected chi connectivity index (χ2v) is 9.35. The monoisotopic (exact) mass is 624 g/mol. The molecule has 0 bridgehead atoms. The lowest BCUT2D eigenvalue weighted by molar-refractivity contribution is 0.0955. The van der Waals surface area contributed by atoms with Crippen molar-refractivity contribution in [2.24, 2.45) is 5.10 Å². The van der Waals surface area contributed by atoms with E-state index in [0.29, 0.717) is 38.2 Å². The van der Waals surface area contributed by atoms with E-state index in [1.54, 1.807) is 19.2 Å². The van der Waals surface area contributed by atoms with E-state index in [4.69, 9.17) is 9.47 Å². The van der Waals surface area contributed by atoms with E-state index in [-0.39, 0.29) is 5.75 Å². The van der Waals surface area contributed by atoms with Crippen molar-refractivity contribution < 1.29 is 19.4 Å². The third kappa shape index (κ3) is 6.11. The van der Waals surface area contributed by atoms with Crippen molar-refractivity contribution in [1.29, 1.82) is 0 Å². The van der Waals surface area contributed by atoms with Crippen LogP contribution in [0.1, 0.15) is 27.0 Å². The molecule has 0 atom stereocenters. The topological polar surface area (TPSA) is 80.2 Å². The highest BCUT2D eigenvalue weighted by Crippen LogP contribution is 2.34. The number of hydrogen-bond donors (Lipinski definition) is 2. The Bertz CT molecular complexity index is 1140. The van der Waals surface area contributed by atoms with Gasteiger partial charge < -0.3 is 14.6 Å². The fraction of sp³-hybridized carbons (Fsp3) is 0.130. The van der Waals surface area contributed by atoms with E-state index < -0.39 is 5.91 Å². The first-order valence-corrected chi connectivity index (χ1v) is 11.7. The SMILES string of the molecule is COc1cc(/C=N/NC(=O)c2cc(Br)c(O)c(Br)c2)c(Br)cc1OCc1ccc(C)cc1. The molecule has 0 heterocycles. The first kappa shape index (κ1) is 24.3. The highest BCUT2D eigenvalue weighted by atomic mass is 79.9. The van der Waals surface area contributed by atoms with Gasteiger partial charge in [-0.1, -0.05) is 29.8 Å². The molecule has 2 N–H and O–H groups in total. The van der Waals surface area contributed by atoms with Crippen molar-refractivity contribution in [1.82, 2.24) is 5.43 Å². The first-order chi connectivity index (χ1) is 15.3. The molecule has 0 unspecified atom stereocenters. The Morgan fingerprint density at radius 1 is 1.03 bits per heavy atom. The number of hydrazone groups is 1. The van der Waals surface area contributed by atoms with E-state index in [1.807, 2.05) is 31.2 Å². The number of ether oxygens (including phenoxy) is 2. The smallest absolute Gasteiger partial charge is 0.271 e. The summed E-state index contributed by atoms with van der Waals surface area (Å²) in [6, 6.07) is 14.7. The van der Waals surface area contributed by atoms with Crippen LogP contribution in [0.5, 0.6) is 17.2 Å². The van der Waals surface area contributed by atoms with Crippen LogP contribution in [0, 0.1) is 6.92 Å². The fourth-order valence-corrected chi connectivity index (χ4v) is 4.30. The summed E-state index contributed by atoms with van der Waals surface area (Å²) in [5.74, 6) is 0.717. The van der Waals surface area contributed by atoms with Crippen LogP contribution in [0.4, 0.5) is 0 Å². The van der Waals surface area contributed by atoms with Gasteiger partial charge in [-0.15, -0.1) is 0 Å². The Morgan fingerprint density at radius 3 is 2.31 bits per heavy atom. The Hall–Kier alpha value is -2.36. The highest BCUT2D eigenvalue weighted by Gasteiger charge is 2.12. The molecule has 9 heteroatoms. The molecule has 0 aromatic heterocycles. The Kier molecular flexibility index (Phi) is 8.33. The molecule has 0 aliphatic carbocycles. The number of phenolic OH excluding ortho intramolecular Hbond substituents is 1. The molecule has 1 amide bonds. The minimum Gasteiger partial charge on any atom is -0.506 e. The number of carbonyl (C=O) groups is 1. The van der Waals surface area contributed by atoms with Gasteiger partial charge in [-0.2, -0.15) is 5.10 Å². The van der Waals surface area contributed by atoms with Crippen molar-refractivity contribution >= 4 is 59.9 Å². The minimum atomic E-state index is -0.427. The Labute approximate surface area is 211 Å². The number of rotatable bonds is 7. The lowest BCUT2D eigenvalue weighted by atomic mass is 10.2. The molecule has 0 spiro atoms. The van der Waals surface area contributed by atoms with Crippen LogP contribution in [0.3, 0.4) is 0 Å². The molecular weight excluding hydrogens is 608 g/mol. The van der Waals surface area contributed by atoms with Gasteiger partial charge in [-0.05, 0) is 84.5 Å². The third-order valence-corrected chi connectivity index (χ3v) is 6.34. The molecule has 3 aromatic carbocycles. The van der Waals surface area contributed by atoms with Gasteiger partial charge >= 0.3 is 0 Å². The lowest BCUT2D eigenvalue weighted by Crippen LogP contribution is -2.17. The zero-order valence-electron chi connectivity index (χ0n) is 17.2. The average molecular weight is 627 g/mol. The van der Waals surface area contributed by atoms with Crippen molar-refractivity contribution in [3.8, 4) is 17.2 Å². The van der Waals surface area contributed by atoms with E-state index in [0.717, 1.165) is 10.0 Å². The summed E-state index contributed by atoms with van der Waals surface area (Å²) in [6.45, 7) is 2.44. The zero-order valence-corrected chi connectivity index (χ0v) is 21.9. The van der Waals surface area contributed by atoms with E-state index >= 15 is 0 Å². The maximum absolute atomic E-state index is 12.3. The van der Waals surface area contributed by atoms with Gasteiger partial charge in [0.2, 0.25) is 0 Å². The number of carbonyl (C=O) groups excluding carboxylic acids is 1. The number of phenols is 1. The Balaban J connectivity index is 1.70. The van der Waals surface area contributed by atoms with Crippen LogP contribution >= 0.6 is 47.8 Å². The number of hydrogen-bond acceptors (Lipinski definition) is 5. The molecule has 166 valence electrons. The first-order valence-electron chi connectivity index (χ1n) is 9.35. The van der Waals surface area contributed by atoms with Crippen molar-refractivity contribution in [2.45, 2.75) is 13.5 Å². The number of nitrogens with zero attached hydrogens (tertiary/aromatic N) is 1. The van der Waals surface area contributed by atoms with Crippen molar-refractivity contribution in [3.63, 3.8) is 0 Å². The van der Waals surface area contributed by atoms with Crippen LogP contribution in [0.15, 0.2) is 67.1 Å². The number of aromatic hydroxyl groups is 1. The second kappa shape index (κ2) is 11.0. The average Bonchev–Trinajstić information content (AvgIpc) is 2.77. The number of nitrogens with one attached hydrogen (secondary N) is 1. The molecule has 0 saturated carbocycles. The number of aryl methyl sites for hydroxylation is 1. The molecule has 0 radical (unpaired) electrons. The number of amides is 1. The van der Waals surface area contributed by atoms with Crippen LogP contribution < -0.4 is 14.9 Å². The van der Waals surface area contributed by atoms with Crippen molar-refractivity contribution in [2.75, 3.05) is 7.11 Å². The van der Waals surface area contributed by atoms with Gasteiger partial charge in [-0.25, -0.2) is 5.43 Å². The summed E-state index contributed by atoms with van der Waals surface area (Å²) in [6.07, 6.45) is 1.50. The zero-order chi connectivity index (χ0) is 23.3. The third-order valence-electron chi connectivity index (χ3n) is 4.45. The Morgan fingerprint density at radius 2 is 1.69 bits per heavy atom. The predicted octanol–water partition coefficient (Wildman–Crippen LogP) is 6.34. The second-order valence-electron chi connectivity index (χ2n) is 6.79. The van der Waals surface area contributed by atoms with Gasteiger partial charge in [0.05, 0.1) is 22.3 Å². The molecule has 6 nitrogen and oxygen atoms in total. The summed E-state index contributed by atoms with van der Waals surface area (Å²) in [5.41, 5.74) is 5.73. The number of methoxy groups -OCH3 is 1. The molecule has 32 heavy (non-hydrogen) atoms. The number of halogens is 3. The van der Waals surface area contributed by atoms with Gasteiger partial charge in [-0.3, -0.25) is 4.79 Å². The molecular formula is C23H19Br3N2O4.